The van der Waals surface area contributed by atoms with E-state index in [1.165, 1.54) is 12.1 Å². The molecule has 0 spiro atoms. The lowest BCUT2D eigenvalue weighted by atomic mass is 9.78. The van der Waals surface area contributed by atoms with Crippen LogP contribution in [0.15, 0.2) is 22.7 Å². The van der Waals surface area contributed by atoms with Gasteiger partial charge in [-0.3, -0.25) is 14.4 Å². The van der Waals surface area contributed by atoms with E-state index in [1.54, 1.807) is 13.8 Å². The first kappa shape index (κ1) is 24.9. The van der Waals surface area contributed by atoms with Gasteiger partial charge >= 0.3 is 11.9 Å². The van der Waals surface area contributed by atoms with Crippen LogP contribution in [0.2, 0.25) is 10.0 Å². The summed E-state index contributed by atoms with van der Waals surface area (Å²) in [6.07, 6.45) is 0. The Labute approximate surface area is 193 Å². The summed E-state index contributed by atoms with van der Waals surface area (Å²) in [5.41, 5.74) is 0.426. The summed E-state index contributed by atoms with van der Waals surface area (Å²) in [5.74, 6) is -4.27. The molecule has 0 radical (unpaired) electrons. The van der Waals surface area contributed by atoms with Crippen molar-refractivity contribution in [3.63, 3.8) is 0 Å². The van der Waals surface area contributed by atoms with Crippen LogP contribution in [-0.4, -0.2) is 43.9 Å². The van der Waals surface area contributed by atoms with E-state index in [0.717, 1.165) is 18.9 Å². The predicted octanol–water partition coefficient (Wildman–Crippen LogP) is 3.43. The molecule has 1 heterocycles. The van der Waals surface area contributed by atoms with Gasteiger partial charge < -0.3 is 19.5 Å². The smallest absolute Gasteiger partial charge is 0.319 e. The third kappa shape index (κ3) is 5.64. The number of nitrogens with one attached hydrogen (secondary N) is 1. The molecule has 0 aromatic heterocycles. The monoisotopic (exact) mass is 486 g/mol. The van der Waals surface area contributed by atoms with E-state index in [9.17, 15) is 19.6 Å². The number of hydrogen-bond donors (Lipinski definition) is 1. The zero-order chi connectivity index (χ0) is 23.1. The van der Waals surface area contributed by atoms with Crippen LogP contribution in [0.4, 0.5) is 0 Å². The van der Waals surface area contributed by atoms with Crippen LogP contribution >= 0.6 is 35.0 Å². The van der Waals surface area contributed by atoms with Crippen LogP contribution in [0, 0.1) is 17.2 Å². The van der Waals surface area contributed by atoms with Gasteiger partial charge in [-0.1, -0.05) is 35.0 Å². The van der Waals surface area contributed by atoms with Crippen LogP contribution in [0.1, 0.15) is 25.3 Å². The summed E-state index contributed by atoms with van der Waals surface area (Å²) in [4.78, 5) is 37.0. The first-order valence-electron chi connectivity index (χ1n) is 9.22. The fourth-order valence-corrected chi connectivity index (χ4v) is 4.51. The minimum Gasteiger partial charge on any atom is -0.491 e. The highest BCUT2D eigenvalue weighted by atomic mass is 35.5. The number of allylic oxidation sites excluding steroid dienone is 1. The summed E-state index contributed by atoms with van der Waals surface area (Å²) in [6, 6.07) is 5.01. The first-order valence-corrected chi connectivity index (χ1v) is 11.0. The molecule has 1 aliphatic rings. The number of benzene rings is 1. The van der Waals surface area contributed by atoms with Crippen molar-refractivity contribution < 1.29 is 28.6 Å². The second-order valence-electron chi connectivity index (χ2n) is 6.16. The second-order valence-corrected chi connectivity index (χ2v) is 7.96. The lowest BCUT2D eigenvalue weighted by Gasteiger charge is -2.31. The number of hydrogen-bond acceptors (Lipinski definition) is 8. The van der Waals surface area contributed by atoms with Gasteiger partial charge in [0.1, 0.15) is 5.92 Å². The predicted molar refractivity (Wildman–Crippen MR) is 116 cm³/mol. The fraction of sp³-hybridized carbons (Fsp3) is 0.400. The van der Waals surface area contributed by atoms with Crippen molar-refractivity contribution in [3.05, 3.63) is 38.3 Å². The van der Waals surface area contributed by atoms with Gasteiger partial charge in [-0.05, 0) is 31.5 Å². The molecule has 2 rings (SSSR count). The quantitative estimate of drug-likeness (QED) is 0.438. The maximum atomic E-state index is 12.8. The molecule has 1 aliphatic heterocycles. The Hall–Kier alpha value is -2.41. The Morgan fingerprint density at radius 3 is 2.39 bits per heavy atom. The molecule has 0 unspecified atom stereocenters. The largest absolute Gasteiger partial charge is 0.491 e. The average Bonchev–Trinajstić information content (AvgIpc) is 2.73. The number of rotatable bonds is 8. The van der Waals surface area contributed by atoms with Crippen molar-refractivity contribution in [2.24, 2.45) is 5.92 Å². The lowest BCUT2D eigenvalue weighted by Crippen LogP contribution is -2.44. The van der Waals surface area contributed by atoms with E-state index in [1.807, 2.05) is 6.07 Å². The second kappa shape index (κ2) is 11.3. The highest BCUT2D eigenvalue weighted by Gasteiger charge is 2.44. The highest BCUT2D eigenvalue weighted by molar-refractivity contribution is 8.03. The molecule has 1 N–H and O–H groups in total. The van der Waals surface area contributed by atoms with Crippen molar-refractivity contribution >= 4 is 52.8 Å². The molecule has 166 valence electrons. The molecule has 0 saturated carbocycles. The molecule has 0 bridgehead atoms. The summed E-state index contributed by atoms with van der Waals surface area (Å²) < 4.78 is 15.1. The van der Waals surface area contributed by atoms with Crippen LogP contribution in [0.25, 0.3) is 0 Å². The van der Waals surface area contributed by atoms with E-state index in [-0.39, 0.29) is 38.8 Å². The maximum absolute atomic E-state index is 12.8. The highest BCUT2D eigenvalue weighted by Crippen LogP contribution is 2.44. The summed E-state index contributed by atoms with van der Waals surface area (Å²) >= 11 is 13.5. The molecule has 0 fully saturated rings. The molecule has 2 atom stereocenters. The maximum Gasteiger partial charge on any atom is 0.319 e. The Bertz CT molecular complexity index is 936. The van der Waals surface area contributed by atoms with Crippen molar-refractivity contribution in [2.75, 3.05) is 26.1 Å². The van der Waals surface area contributed by atoms with Gasteiger partial charge in [-0.15, -0.1) is 0 Å². The average molecular weight is 487 g/mol. The van der Waals surface area contributed by atoms with Gasteiger partial charge in [0, 0.05) is 5.92 Å². The molecule has 0 aliphatic carbocycles. The fourth-order valence-electron chi connectivity index (χ4n) is 3.05. The SMILES string of the molecule is CCOC(=O)CSC1=C(C#N)[C@H](c2cc(Cl)c(OCC)c(Cl)c2)[C@@H](C(=O)OC)C(=O)N1. The number of halogens is 2. The van der Waals surface area contributed by atoms with Gasteiger partial charge in [-0.2, -0.15) is 5.26 Å². The van der Waals surface area contributed by atoms with E-state index in [2.05, 4.69) is 5.32 Å². The molecule has 1 aromatic rings. The molecule has 1 amide bonds. The van der Waals surface area contributed by atoms with Crippen molar-refractivity contribution in [3.8, 4) is 11.8 Å². The van der Waals surface area contributed by atoms with Crippen LogP contribution in [0.5, 0.6) is 5.75 Å². The molecule has 11 heteroatoms. The standard InChI is InChI=1S/C20H20Cl2N2O6S/c1-4-29-14(25)9-31-19-11(8-23)15(16(18(26)24-19)20(27)28-3)10-6-12(21)17(30-5-2)13(22)7-10/h6-7,15-16H,4-5,9H2,1-3H3,(H,24,26)/t15-,16+/m0/s1. The van der Waals surface area contributed by atoms with Gasteiger partial charge in [0.15, 0.2) is 5.75 Å². The molecule has 8 nitrogen and oxygen atoms in total. The number of thioether (sulfide) groups is 1. The van der Waals surface area contributed by atoms with Gasteiger partial charge in [-0.25, -0.2) is 0 Å². The normalized spacial score (nSPS) is 18.1. The van der Waals surface area contributed by atoms with Gasteiger partial charge in [0.2, 0.25) is 5.91 Å². The third-order valence-electron chi connectivity index (χ3n) is 4.29. The van der Waals surface area contributed by atoms with Crippen LogP contribution in [0.3, 0.4) is 0 Å². The van der Waals surface area contributed by atoms with E-state index in [4.69, 9.17) is 37.4 Å². The van der Waals surface area contributed by atoms with Crippen molar-refractivity contribution in [1.82, 2.24) is 5.32 Å². The van der Waals surface area contributed by atoms with E-state index in [0.29, 0.717) is 12.2 Å². The number of ether oxygens (including phenoxy) is 3. The number of carbonyl (C=O) groups is 3. The first-order chi connectivity index (χ1) is 14.8. The summed E-state index contributed by atoms with van der Waals surface area (Å²) in [6.45, 7) is 3.96. The van der Waals surface area contributed by atoms with Crippen LogP contribution in [-0.2, 0) is 23.9 Å². The molecular weight excluding hydrogens is 467 g/mol. The Balaban J connectivity index is 2.59. The molecule has 1 aromatic carbocycles. The number of methoxy groups -OCH3 is 1. The van der Waals surface area contributed by atoms with Crippen LogP contribution < -0.4 is 10.1 Å². The number of esters is 2. The molecular formula is C20H20Cl2N2O6S. The lowest BCUT2D eigenvalue weighted by molar-refractivity contribution is -0.150. The minimum absolute atomic E-state index is 0.0700. The number of nitriles is 1. The van der Waals surface area contributed by atoms with E-state index >= 15 is 0 Å². The Morgan fingerprint density at radius 1 is 1.23 bits per heavy atom. The van der Waals surface area contributed by atoms with Gasteiger partial charge in [0.05, 0.1) is 52.8 Å². The number of carbonyl (C=O) groups excluding carboxylic acids is 3. The topological polar surface area (TPSA) is 115 Å². The van der Waals surface area contributed by atoms with Crippen molar-refractivity contribution in [2.45, 2.75) is 19.8 Å². The molecule has 0 saturated heterocycles. The molecule has 31 heavy (non-hydrogen) atoms. The minimum atomic E-state index is -1.35. The Morgan fingerprint density at radius 2 is 1.87 bits per heavy atom. The number of amides is 1. The van der Waals surface area contributed by atoms with Crippen molar-refractivity contribution in [1.29, 1.82) is 5.26 Å². The van der Waals surface area contributed by atoms with E-state index < -0.39 is 29.7 Å². The Kier molecular flexibility index (Phi) is 9.04. The zero-order valence-corrected chi connectivity index (χ0v) is 19.3. The zero-order valence-electron chi connectivity index (χ0n) is 17.0. The third-order valence-corrected chi connectivity index (χ3v) is 5.84. The summed E-state index contributed by atoms with van der Waals surface area (Å²) in [7, 11) is 1.14. The summed E-state index contributed by atoms with van der Waals surface area (Å²) in [5, 5.41) is 12.9. The number of nitrogens with zero attached hydrogens (tertiary/aromatic N) is 1. The van der Waals surface area contributed by atoms with Gasteiger partial charge in [0.25, 0.3) is 0 Å².